The minimum absolute atomic E-state index is 0.0405. The van der Waals surface area contributed by atoms with Gasteiger partial charge in [0.05, 0.1) is 4.92 Å². The zero-order chi connectivity index (χ0) is 12.1. The van der Waals surface area contributed by atoms with Gasteiger partial charge in [-0.2, -0.15) is 0 Å². The molecule has 0 saturated heterocycles. The number of nitrogens with zero attached hydrogens (tertiary/aromatic N) is 2. The Labute approximate surface area is 103 Å². The monoisotopic (exact) mass is 286 g/mol. The van der Waals surface area contributed by atoms with Crippen molar-refractivity contribution in [3.8, 4) is 0 Å². The van der Waals surface area contributed by atoms with E-state index in [1.165, 1.54) is 12.3 Å². The summed E-state index contributed by atoms with van der Waals surface area (Å²) in [5.74, 6) is 0.627. The van der Waals surface area contributed by atoms with Crippen LogP contribution in [0.15, 0.2) is 18.3 Å². The smallest absolute Gasteiger partial charge is 0.258 e. The van der Waals surface area contributed by atoms with Crippen LogP contribution in [0.5, 0.6) is 0 Å². The molecule has 1 atom stereocenters. The van der Waals surface area contributed by atoms with Gasteiger partial charge in [-0.3, -0.25) is 15.1 Å². The third-order valence-electron chi connectivity index (χ3n) is 2.18. The van der Waals surface area contributed by atoms with E-state index in [4.69, 9.17) is 0 Å². The van der Waals surface area contributed by atoms with Crippen molar-refractivity contribution in [2.45, 2.75) is 31.5 Å². The van der Waals surface area contributed by atoms with Gasteiger partial charge in [0.25, 0.3) is 5.69 Å². The quantitative estimate of drug-likeness (QED) is 0.474. The van der Waals surface area contributed by atoms with Gasteiger partial charge in [0.15, 0.2) is 0 Å². The molecule has 0 spiro atoms. The highest BCUT2D eigenvalue weighted by atomic mass is 79.9. The van der Waals surface area contributed by atoms with Crippen LogP contribution in [-0.2, 0) is 6.42 Å². The third-order valence-corrected chi connectivity index (χ3v) is 2.88. The Morgan fingerprint density at radius 1 is 1.50 bits per heavy atom. The van der Waals surface area contributed by atoms with Crippen LogP contribution >= 0.6 is 15.9 Å². The van der Waals surface area contributed by atoms with E-state index in [9.17, 15) is 10.1 Å². The molecular weight excluding hydrogens is 272 g/mol. The molecule has 0 amide bonds. The lowest BCUT2D eigenvalue weighted by Crippen LogP contribution is -2.07. The van der Waals surface area contributed by atoms with E-state index < -0.39 is 4.92 Å². The SMILES string of the molecule is CC(C)CC(Br)Cc1ccc([N+](=O)[O-])cn1. The molecule has 5 heteroatoms. The number of aromatic nitrogens is 1. The van der Waals surface area contributed by atoms with Crippen LogP contribution in [0.25, 0.3) is 0 Å². The fourth-order valence-corrected chi connectivity index (χ4v) is 2.55. The number of nitro groups is 1. The molecule has 0 aliphatic heterocycles. The highest BCUT2D eigenvalue weighted by Gasteiger charge is 2.10. The largest absolute Gasteiger partial charge is 0.287 e. The molecule has 4 nitrogen and oxygen atoms in total. The number of alkyl halides is 1. The summed E-state index contributed by atoms with van der Waals surface area (Å²) < 4.78 is 0. The molecule has 88 valence electrons. The molecule has 1 rings (SSSR count). The third kappa shape index (κ3) is 4.26. The maximum absolute atomic E-state index is 10.4. The van der Waals surface area contributed by atoms with Crippen molar-refractivity contribution >= 4 is 21.6 Å². The first-order valence-electron chi connectivity index (χ1n) is 5.22. The predicted octanol–water partition coefficient (Wildman–Crippen LogP) is 3.34. The zero-order valence-corrected chi connectivity index (χ0v) is 11.0. The zero-order valence-electron chi connectivity index (χ0n) is 9.39. The Morgan fingerprint density at radius 2 is 2.19 bits per heavy atom. The average Bonchev–Trinajstić information content (AvgIpc) is 2.16. The molecule has 1 heterocycles. The fourth-order valence-electron chi connectivity index (χ4n) is 1.47. The van der Waals surface area contributed by atoms with Gasteiger partial charge in [0.1, 0.15) is 6.20 Å². The van der Waals surface area contributed by atoms with Crippen LogP contribution < -0.4 is 0 Å². The highest BCUT2D eigenvalue weighted by Crippen LogP contribution is 2.18. The molecule has 0 aliphatic carbocycles. The van der Waals surface area contributed by atoms with E-state index in [-0.39, 0.29) is 5.69 Å². The topological polar surface area (TPSA) is 56.0 Å². The van der Waals surface area contributed by atoms with Crippen molar-refractivity contribution in [2.24, 2.45) is 5.92 Å². The molecule has 0 aliphatic rings. The second-order valence-electron chi connectivity index (χ2n) is 4.20. The van der Waals surface area contributed by atoms with Crippen molar-refractivity contribution in [2.75, 3.05) is 0 Å². The normalized spacial score (nSPS) is 12.8. The summed E-state index contributed by atoms with van der Waals surface area (Å²) in [4.78, 5) is 14.5. The van der Waals surface area contributed by atoms with Gasteiger partial charge in [-0.15, -0.1) is 0 Å². The minimum atomic E-state index is -0.434. The van der Waals surface area contributed by atoms with Crippen LogP contribution in [0, 0.1) is 16.0 Å². The van der Waals surface area contributed by atoms with E-state index in [0.29, 0.717) is 10.7 Å². The molecular formula is C11H15BrN2O2. The van der Waals surface area contributed by atoms with Crippen LogP contribution in [0.4, 0.5) is 5.69 Å². The minimum Gasteiger partial charge on any atom is -0.258 e. The maximum Gasteiger partial charge on any atom is 0.287 e. The fraction of sp³-hybridized carbons (Fsp3) is 0.545. The number of hydrogen-bond acceptors (Lipinski definition) is 3. The van der Waals surface area contributed by atoms with Gasteiger partial charge in [0, 0.05) is 23.0 Å². The van der Waals surface area contributed by atoms with Crippen LogP contribution in [-0.4, -0.2) is 14.7 Å². The average molecular weight is 287 g/mol. The molecule has 1 aromatic rings. The van der Waals surface area contributed by atoms with Crippen LogP contribution in [0.3, 0.4) is 0 Å². The summed E-state index contributed by atoms with van der Waals surface area (Å²) >= 11 is 3.59. The Kier molecular flexibility index (Phi) is 4.86. The van der Waals surface area contributed by atoms with E-state index in [2.05, 4.69) is 34.8 Å². The summed E-state index contributed by atoms with van der Waals surface area (Å²) in [7, 11) is 0. The molecule has 0 N–H and O–H groups in total. The van der Waals surface area contributed by atoms with Gasteiger partial charge in [-0.05, 0) is 18.4 Å². The lowest BCUT2D eigenvalue weighted by molar-refractivity contribution is -0.385. The predicted molar refractivity (Wildman–Crippen MR) is 66.8 cm³/mol. The summed E-state index contributed by atoms with van der Waals surface area (Å²) in [6.45, 7) is 4.33. The van der Waals surface area contributed by atoms with Crippen LogP contribution in [0.1, 0.15) is 26.0 Å². The second kappa shape index (κ2) is 5.94. The lowest BCUT2D eigenvalue weighted by atomic mass is 10.0. The maximum atomic E-state index is 10.4. The first-order valence-corrected chi connectivity index (χ1v) is 6.14. The molecule has 0 aromatic carbocycles. The van der Waals surface area contributed by atoms with Gasteiger partial charge in [-0.25, -0.2) is 0 Å². The molecule has 16 heavy (non-hydrogen) atoms. The van der Waals surface area contributed by atoms with Crippen molar-refractivity contribution in [1.29, 1.82) is 0 Å². The van der Waals surface area contributed by atoms with Gasteiger partial charge < -0.3 is 0 Å². The highest BCUT2D eigenvalue weighted by molar-refractivity contribution is 9.09. The van der Waals surface area contributed by atoms with Crippen molar-refractivity contribution in [1.82, 2.24) is 4.98 Å². The van der Waals surface area contributed by atoms with Gasteiger partial charge in [-0.1, -0.05) is 29.8 Å². The number of pyridine rings is 1. The summed E-state index contributed by atoms with van der Waals surface area (Å²) in [6, 6.07) is 3.21. The van der Waals surface area contributed by atoms with Crippen molar-refractivity contribution in [3.63, 3.8) is 0 Å². The lowest BCUT2D eigenvalue weighted by Gasteiger charge is -2.11. The molecule has 0 fully saturated rings. The van der Waals surface area contributed by atoms with Crippen LogP contribution in [0.2, 0.25) is 0 Å². The van der Waals surface area contributed by atoms with Crippen molar-refractivity contribution < 1.29 is 4.92 Å². The Balaban J connectivity index is 2.58. The number of halogens is 1. The van der Waals surface area contributed by atoms with Crippen molar-refractivity contribution in [3.05, 3.63) is 34.1 Å². The Bertz CT molecular complexity index is 352. The molecule has 0 saturated carbocycles. The summed E-state index contributed by atoms with van der Waals surface area (Å²) in [5, 5.41) is 10.4. The van der Waals surface area contributed by atoms with Gasteiger partial charge in [0.2, 0.25) is 0 Å². The molecule has 0 bridgehead atoms. The molecule has 1 aromatic heterocycles. The van der Waals surface area contributed by atoms with E-state index in [1.54, 1.807) is 6.07 Å². The first kappa shape index (κ1) is 13.1. The number of rotatable bonds is 5. The molecule has 1 unspecified atom stereocenters. The molecule has 0 radical (unpaired) electrons. The van der Waals surface area contributed by atoms with E-state index in [1.807, 2.05) is 0 Å². The summed E-state index contributed by atoms with van der Waals surface area (Å²) in [6.07, 6.45) is 3.18. The standard InChI is InChI=1S/C11H15BrN2O2/c1-8(2)5-9(12)6-10-3-4-11(7-13-10)14(15)16/h3-4,7-9H,5-6H2,1-2H3. The first-order chi connectivity index (χ1) is 7.49. The van der Waals surface area contributed by atoms with Gasteiger partial charge >= 0.3 is 0 Å². The Hall–Kier alpha value is -0.970. The number of hydrogen-bond donors (Lipinski definition) is 0. The van der Waals surface area contributed by atoms with E-state index >= 15 is 0 Å². The second-order valence-corrected chi connectivity index (χ2v) is 5.49. The Morgan fingerprint density at radius 3 is 2.62 bits per heavy atom. The van der Waals surface area contributed by atoms with E-state index in [0.717, 1.165) is 18.5 Å². The summed E-state index contributed by atoms with van der Waals surface area (Å²) in [5.41, 5.74) is 0.923.